The first-order valence-corrected chi connectivity index (χ1v) is 8.78. The summed E-state index contributed by atoms with van der Waals surface area (Å²) >= 11 is 2.52. The molecule has 0 saturated carbocycles. The number of carbonyl (C=O) groups excluding carboxylic acids is 1. The number of rotatable bonds is 3. The summed E-state index contributed by atoms with van der Waals surface area (Å²) in [5.74, 6) is -0.303. The van der Waals surface area contributed by atoms with E-state index in [9.17, 15) is 14.9 Å². The van der Waals surface area contributed by atoms with Crippen molar-refractivity contribution in [2.75, 3.05) is 5.32 Å². The molecule has 0 spiro atoms. The van der Waals surface area contributed by atoms with Crippen LogP contribution in [0.1, 0.15) is 41.1 Å². The second-order valence-corrected chi connectivity index (χ2v) is 8.58. The molecule has 0 aliphatic carbocycles. The molecule has 0 fully saturated rings. The fourth-order valence-electron chi connectivity index (χ4n) is 2.04. The van der Waals surface area contributed by atoms with Crippen LogP contribution >= 0.6 is 22.7 Å². The molecule has 0 bridgehead atoms. The van der Waals surface area contributed by atoms with Crippen LogP contribution in [0.3, 0.4) is 0 Å². The van der Waals surface area contributed by atoms with Crippen molar-refractivity contribution in [2.45, 2.75) is 46.6 Å². The molecule has 2 aromatic rings. The fraction of sp³-hybridized carbons (Fsp3) is 0.438. The largest absolute Gasteiger partial charge is 0.323 e. The Balaban J connectivity index is 2.22. The summed E-state index contributed by atoms with van der Waals surface area (Å²) in [7, 11) is 0. The predicted molar refractivity (Wildman–Crippen MR) is 94.4 cm³/mol. The number of amides is 1. The molecule has 0 aliphatic rings. The topological polar surface area (TPSA) is 74.9 Å². The number of aryl methyl sites for hydroxylation is 1. The van der Waals surface area contributed by atoms with Gasteiger partial charge in [-0.3, -0.25) is 14.2 Å². The van der Waals surface area contributed by atoms with Crippen molar-refractivity contribution in [2.24, 2.45) is 0 Å². The van der Waals surface area contributed by atoms with Crippen LogP contribution in [0.25, 0.3) is 0 Å². The average Bonchev–Trinajstić information content (AvgIpc) is 2.95. The monoisotopic (exact) mass is 349 g/mol. The maximum absolute atomic E-state index is 12.3. The fourth-order valence-corrected chi connectivity index (χ4v) is 3.84. The van der Waals surface area contributed by atoms with Crippen LogP contribution in [0.4, 0.5) is 5.69 Å². The second-order valence-electron chi connectivity index (χ2n) is 6.36. The lowest BCUT2D eigenvalue weighted by molar-refractivity contribution is -0.116. The van der Waals surface area contributed by atoms with Crippen LogP contribution < -0.4 is 10.2 Å². The number of thiazole rings is 1. The van der Waals surface area contributed by atoms with Crippen LogP contribution in [0, 0.1) is 25.2 Å². The third-order valence-electron chi connectivity index (χ3n) is 3.52. The van der Waals surface area contributed by atoms with E-state index in [4.69, 9.17) is 0 Å². The Bertz CT molecular complexity index is 844. The Labute approximate surface area is 143 Å². The molecule has 23 heavy (non-hydrogen) atoms. The zero-order chi connectivity index (χ0) is 17.4. The third-order valence-corrected chi connectivity index (χ3v) is 5.99. The average molecular weight is 349 g/mol. The molecule has 1 amide bonds. The van der Waals surface area contributed by atoms with E-state index < -0.39 is 0 Å². The molecule has 2 heterocycles. The molecule has 0 saturated heterocycles. The van der Waals surface area contributed by atoms with E-state index in [0.29, 0.717) is 10.6 Å². The molecule has 0 aromatic carbocycles. The molecule has 0 radical (unpaired) electrons. The summed E-state index contributed by atoms with van der Waals surface area (Å²) in [6.45, 7) is 9.82. The Morgan fingerprint density at radius 3 is 2.48 bits per heavy atom. The first-order chi connectivity index (χ1) is 10.6. The van der Waals surface area contributed by atoms with Crippen LogP contribution in [0.2, 0.25) is 0 Å². The van der Waals surface area contributed by atoms with Gasteiger partial charge in [-0.25, -0.2) is 0 Å². The molecular formula is C16H19N3O2S2. The number of nitriles is 1. The number of nitrogens with one attached hydrogen (secondary N) is 1. The summed E-state index contributed by atoms with van der Waals surface area (Å²) < 4.78 is 1.46. The van der Waals surface area contributed by atoms with Gasteiger partial charge in [0.15, 0.2) is 0 Å². The van der Waals surface area contributed by atoms with Gasteiger partial charge in [0, 0.05) is 15.4 Å². The quantitative estimate of drug-likeness (QED) is 0.923. The molecule has 5 nitrogen and oxygen atoms in total. The van der Waals surface area contributed by atoms with E-state index in [0.717, 1.165) is 26.8 Å². The number of nitrogens with zero attached hydrogens (tertiary/aromatic N) is 2. The zero-order valence-electron chi connectivity index (χ0n) is 13.8. The molecule has 2 rings (SSSR count). The van der Waals surface area contributed by atoms with Gasteiger partial charge in [-0.15, -0.1) is 11.3 Å². The number of anilines is 1. The molecule has 7 heteroatoms. The minimum absolute atomic E-state index is 0.0411. The highest BCUT2D eigenvalue weighted by molar-refractivity contribution is 7.13. The Morgan fingerprint density at radius 1 is 1.35 bits per heavy atom. The highest BCUT2D eigenvalue weighted by Gasteiger charge is 2.21. The molecule has 122 valence electrons. The molecular weight excluding hydrogens is 330 g/mol. The van der Waals surface area contributed by atoms with Gasteiger partial charge in [-0.1, -0.05) is 32.1 Å². The van der Waals surface area contributed by atoms with E-state index in [1.165, 1.54) is 15.9 Å². The summed E-state index contributed by atoms with van der Waals surface area (Å²) in [4.78, 5) is 26.4. The van der Waals surface area contributed by atoms with Crippen molar-refractivity contribution >= 4 is 34.3 Å². The van der Waals surface area contributed by atoms with Crippen molar-refractivity contribution in [1.29, 1.82) is 5.26 Å². The SMILES string of the molecule is Cc1sc(=O)n(CC(=O)Nc2cc(C(C)(C)C)sc2C#N)c1C. The Kier molecular flexibility index (Phi) is 4.78. The minimum atomic E-state index is -0.303. The number of hydrogen-bond donors (Lipinski definition) is 1. The highest BCUT2D eigenvalue weighted by Crippen LogP contribution is 2.34. The van der Waals surface area contributed by atoms with Gasteiger partial charge < -0.3 is 5.32 Å². The van der Waals surface area contributed by atoms with E-state index in [2.05, 4.69) is 32.2 Å². The first kappa shape index (κ1) is 17.4. The van der Waals surface area contributed by atoms with E-state index in [1.807, 2.05) is 19.9 Å². The number of hydrogen-bond acceptors (Lipinski definition) is 5. The van der Waals surface area contributed by atoms with Gasteiger partial charge in [-0.05, 0) is 25.3 Å². The summed E-state index contributed by atoms with van der Waals surface area (Å²) in [6, 6.07) is 3.96. The van der Waals surface area contributed by atoms with Crippen LogP contribution in [0.15, 0.2) is 10.9 Å². The smallest absolute Gasteiger partial charge is 0.308 e. The van der Waals surface area contributed by atoms with Gasteiger partial charge in [-0.2, -0.15) is 5.26 Å². The van der Waals surface area contributed by atoms with Crippen LogP contribution in [-0.4, -0.2) is 10.5 Å². The Hall–Kier alpha value is -1.91. The van der Waals surface area contributed by atoms with Crippen molar-refractivity contribution in [1.82, 2.24) is 4.57 Å². The van der Waals surface area contributed by atoms with Crippen LogP contribution in [-0.2, 0) is 16.8 Å². The van der Waals surface area contributed by atoms with Gasteiger partial charge in [0.2, 0.25) is 5.91 Å². The van der Waals surface area contributed by atoms with Gasteiger partial charge in [0.25, 0.3) is 0 Å². The van der Waals surface area contributed by atoms with E-state index >= 15 is 0 Å². The summed E-state index contributed by atoms with van der Waals surface area (Å²) in [5.41, 5.74) is 1.23. The van der Waals surface area contributed by atoms with Crippen molar-refractivity contribution in [3.05, 3.63) is 36.1 Å². The maximum Gasteiger partial charge on any atom is 0.308 e. The van der Waals surface area contributed by atoms with Crippen molar-refractivity contribution in [3.63, 3.8) is 0 Å². The highest BCUT2D eigenvalue weighted by atomic mass is 32.1. The van der Waals surface area contributed by atoms with Gasteiger partial charge in [0.05, 0.1) is 5.69 Å². The number of carbonyl (C=O) groups is 1. The lowest BCUT2D eigenvalue weighted by Crippen LogP contribution is -2.25. The van der Waals surface area contributed by atoms with E-state index in [-0.39, 0.29) is 22.7 Å². The molecule has 1 N–H and O–H groups in total. The third kappa shape index (κ3) is 3.71. The van der Waals surface area contributed by atoms with Gasteiger partial charge in [0.1, 0.15) is 17.5 Å². The minimum Gasteiger partial charge on any atom is -0.323 e. The normalized spacial score (nSPS) is 11.3. The second kappa shape index (κ2) is 6.30. The van der Waals surface area contributed by atoms with Crippen LogP contribution in [0.5, 0.6) is 0 Å². The number of aromatic nitrogens is 1. The summed E-state index contributed by atoms with van der Waals surface area (Å²) in [6.07, 6.45) is 0. The molecule has 0 unspecified atom stereocenters. The van der Waals surface area contributed by atoms with Crippen molar-refractivity contribution < 1.29 is 4.79 Å². The predicted octanol–water partition coefficient (Wildman–Crippen LogP) is 3.40. The van der Waals surface area contributed by atoms with Gasteiger partial charge >= 0.3 is 4.87 Å². The summed E-state index contributed by atoms with van der Waals surface area (Å²) in [5, 5.41) is 12.0. The lowest BCUT2D eigenvalue weighted by atomic mass is 9.94. The molecule has 0 aliphatic heterocycles. The molecule has 2 aromatic heterocycles. The maximum atomic E-state index is 12.3. The number of thiophene rings is 1. The van der Waals surface area contributed by atoms with E-state index in [1.54, 1.807) is 0 Å². The first-order valence-electron chi connectivity index (χ1n) is 7.14. The molecule has 0 atom stereocenters. The zero-order valence-corrected chi connectivity index (χ0v) is 15.4. The van der Waals surface area contributed by atoms with Crippen molar-refractivity contribution in [3.8, 4) is 6.07 Å². The standard InChI is InChI=1S/C16H19N3O2S2/c1-9-10(2)22-15(21)19(9)8-14(20)18-11-6-13(16(3,4)5)23-12(11)7-17/h6H,8H2,1-5H3,(H,18,20). The Morgan fingerprint density at radius 2 is 2.00 bits per heavy atom. The lowest BCUT2D eigenvalue weighted by Gasteiger charge is -2.15.